The number of hydrogen-bond acceptors (Lipinski definition) is 3. The average molecular weight is 282 g/mol. The number of carbonyl (C=O) groups is 1. The summed E-state index contributed by atoms with van der Waals surface area (Å²) < 4.78 is 5.97. The molecular formula is C16H30N2O2. The van der Waals surface area contributed by atoms with Gasteiger partial charge in [0, 0.05) is 19.6 Å². The topological polar surface area (TPSA) is 41.6 Å². The Kier molecular flexibility index (Phi) is 5.44. The Balaban J connectivity index is 1.82. The molecule has 4 heteroatoms. The molecule has 0 aromatic carbocycles. The summed E-state index contributed by atoms with van der Waals surface area (Å²) in [4.78, 5) is 14.7. The zero-order valence-electron chi connectivity index (χ0n) is 13.4. The van der Waals surface area contributed by atoms with Crippen LogP contribution in [0.3, 0.4) is 0 Å². The maximum absolute atomic E-state index is 12.3. The summed E-state index contributed by atoms with van der Waals surface area (Å²) in [5, 5.41) is 3.06. The minimum atomic E-state index is 0.0581. The third-order valence-electron chi connectivity index (χ3n) is 4.28. The van der Waals surface area contributed by atoms with E-state index in [9.17, 15) is 4.79 Å². The van der Waals surface area contributed by atoms with E-state index >= 15 is 0 Å². The van der Waals surface area contributed by atoms with Crippen LogP contribution in [-0.4, -0.2) is 49.2 Å². The van der Waals surface area contributed by atoms with E-state index < -0.39 is 0 Å². The molecule has 2 bridgehead atoms. The summed E-state index contributed by atoms with van der Waals surface area (Å²) in [5.41, 5.74) is 0. The van der Waals surface area contributed by atoms with Gasteiger partial charge in [-0.3, -0.25) is 9.69 Å². The van der Waals surface area contributed by atoms with Crippen LogP contribution in [0, 0.1) is 17.8 Å². The van der Waals surface area contributed by atoms with Crippen LogP contribution >= 0.6 is 0 Å². The summed E-state index contributed by atoms with van der Waals surface area (Å²) in [6.45, 7) is 12.6. The van der Waals surface area contributed by atoms with E-state index in [0.29, 0.717) is 5.92 Å². The molecule has 0 spiro atoms. The molecule has 3 atom stereocenters. The van der Waals surface area contributed by atoms with Gasteiger partial charge in [-0.15, -0.1) is 0 Å². The second kappa shape index (κ2) is 6.90. The number of ether oxygens (including phenoxy) is 1. The quantitative estimate of drug-likeness (QED) is 0.809. The molecule has 2 aliphatic rings. The Morgan fingerprint density at radius 1 is 1.25 bits per heavy atom. The Labute approximate surface area is 123 Å². The molecule has 0 radical (unpaired) electrons. The summed E-state index contributed by atoms with van der Waals surface area (Å²) in [6.07, 6.45) is 2.49. The molecule has 2 heterocycles. The van der Waals surface area contributed by atoms with Crippen molar-refractivity contribution >= 4 is 5.91 Å². The first-order valence-electron chi connectivity index (χ1n) is 8.11. The number of morpholine rings is 1. The van der Waals surface area contributed by atoms with Gasteiger partial charge in [0.1, 0.15) is 0 Å². The summed E-state index contributed by atoms with van der Waals surface area (Å²) in [5.74, 6) is 1.49. The number of likely N-dealkylation sites (tertiary alicyclic amines) is 1. The Hall–Kier alpha value is -0.610. The number of fused-ring (bicyclic) bond motifs is 2. The fourth-order valence-corrected chi connectivity index (χ4v) is 3.07. The molecule has 1 amide bonds. The highest BCUT2D eigenvalue weighted by Gasteiger charge is 2.44. The standard InChI is InChI=1S/C16H30N2O2/c1-11(2)5-6-18-9-13-7-14(15(10-18)20-13)16(19)17-8-12(3)4/h11-15H,5-10H2,1-4H3,(H,17,19)/t13-,14+,15-/m1/s1. The molecule has 1 N–H and O–H groups in total. The maximum Gasteiger partial charge on any atom is 0.225 e. The predicted molar refractivity (Wildman–Crippen MR) is 80.5 cm³/mol. The minimum Gasteiger partial charge on any atom is -0.371 e. The van der Waals surface area contributed by atoms with E-state index in [1.807, 2.05) is 0 Å². The van der Waals surface area contributed by atoms with Crippen LogP contribution in [0.15, 0.2) is 0 Å². The van der Waals surface area contributed by atoms with Crippen molar-refractivity contribution in [2.24, 2.45) is 17.8 Å². The van der Waals surface area contributed by atoms with E-state index in [1.165, 1.54) is 6.42 Å². The smallest absolute Gasteiger partial charge is 0.225 e. The molecule has 0 aromatic heterocycles. The van der Waals surface area contributed by atoms with E-state index in [4.69, 9.17) is 4.74 Å². The molecule has 0 aliphatic carbocycles. The second-order valence-electron chi connectivity index (χ2n) is 7.22. The largest absolute Gasteiger partial charge is 0.371 e. The summed E-state index contributed by atoms with van der Waals surface area (Å²) in [6, 6.07) is 0. The third kappa shape index (κ3) is 4.19. The molecule has 0 aromatic rings. The van der Waals surface area contributed by atoms with Crippen LogP contribution in [0.1, 0.15) is 40.5 Å². The van der Waals surface area contributed by atoms with Gasteiger partial charge in [0.05, 0.1) is 18.1 Å². The SMILES string of the molecule is CC(C)CCN1C[C@H]2C[C@H](C(=O)NCC(C)C)[C@@H](C1)O2. The zero-order chi connectivity index (χ0) is 14.7. The van der Waals surface area contributed by atoms with Crippen molar-refractivity contribution in [1.82, 2.24) is 10.2 Å². The highest BCUT2D eigenvalue weighted by Crippen LogP contribution is 2.32. The lowest BCUT2D eigenvalue weighted by Gasteiger charge is -2.33. The third-order valence-corrected chi connectivity index (χ3v) is 4.28. The Bertz CT molecular complexity index is 330. The highest BCUT2D eigenvalue weighted by molar-refractivity contribution is 5.79. The van der Waals surface area contributed by atoms with Gasteiger partial charge in [0.2, 0.25) is 5.91 Å². The number of hydrogen-bond donors (Lipinski definition) is 1. The maximum atomic E-state index is 12.3. The molecule has 0 saturated carbocycles. The lowest BCUT2D eigenvalue weighted by atomic mass is 9.99. The van der Waals surface area contributed by atoms with Gasteiger partial charge in [-0.05, 0) is 31.2 Å². The number of nitrogens with one attached hydrogen (secondary N) is 1. The van der Waals surface area contributed by atoms with Gasteiger partial charge < -0.3 is 10.1 Å². The van der Waals surface area contributed by atoms with Crippen LogP contribution in [-0.2, 0) is 9.53 Å². The first-order chi connectivity index (χ1) is 9.45. The molecule has 20 heavy (non-hydrogen) atoms. The summed E-state index contributed by atoms with van der Waals surface area (Å²) in [7, 11) is 0. The van der Waals surface area contributed by atoms with E-state index in [2.05, 4.69) is 37.9 Å². The van der Waals surface area contributed by atoms with Crippen molar-refractivity contribution in [2.75, 3.05) is 26.2 Å². The number of carbonyl (C=O) groups excluding carboxylic acids is 1. The molecule has 116 valence electrons. The van der Waals surface area contributed by atoms with Gasteiger partial charge in [-0.2, -0.15) is 0 Å². The van der Waals surface area contributed by atoms with Crippen LogP contribution in [0.5, 0.6) is 0 Å². The van der Waals surface area contributed by atoms with Crippen molar-refractivity contribution < 1.29 is 9.53 Å². The highest BCUT2D eigenvalue weighted by atomic mass is 16.5. The molecule has 2 saturated heterocycles. The van der Waals surface area contributed by atoms with Crippen molar-refractivity contribution in [3.63, 3.8) is 0 Å². The zero-order valence-corrected chi connectivity index (χ0v) is 13.4. The van der Waals surface area contributed by atoms with E-state index in [-0.39, 0.29) is 24.0 Å². The van der Waals surface area contributed by atoms with E-state index in [1.54, 1.807) is 0 Å². The van der Waals surface area contributed by atoms with Gasteiger partial charge in [-0.25, -0.2) is 0 Å². The van der Waals surface area contributed by atoms with Gasteiger partial charge in [0.15, 0.2) is 0 Å². The molecule has 0 unspecified atom stereocenters. The number of amides is 1. The number of nitrogens with zero attached hydrogens (tertiary/aromatic N) is 1. The predicted octanol–water partition coefficient (Wildman–Crippen LogP) is 1.89. The monoisotopic (exact) mass is 282 g/mol. The molecule has 2 fully saturated rings. The van der Waals surface area contributed by atoms with Crippen molar-refractivity contribution in [3.05, 3.63) is 0 Å². The Morgan fingerprint density at radius 3 is 2.65 bits per heavy atom. The van der Waals surface area contributed by atoms with Gasteiger partial charge in [-0.1, -0.05) is 27.7 Å². The molecule has 2 aliphatic heterocycles. The molecule has 4 nitrogen and oxygen atoms in total. The lowest BCUT2D eigenvalue weighted by molar-refractivity contribution is -0.128. The van der Waals surface area contributed by atoms with Crippen molar-refractivity contribution in [1.29, 1.82) is 0 Å². The first kappa shape index (κ1) is 15.8. The van der Waals surface area contributed by atoms with Crippen LogP contribution in [0.4, 0.5) is 0 Å². The fourth-order valence-electron chi connectivity index (χ4n) is 3.07. The minimum absolute atomic E-state index is 0.0581. The molecular weight excluding hydrogens is 252 g/mol. The van der Waals surface area contributed by atoms with Gasteiger partial charge in [0.25, 0.3) is 0 Å². The fraction of sp³-hybridized carbons (Fsp3) is 0.938. The normalized spacial score (nSPS) is 30.2. The second-order valence-corrected chi connectivity index (χ2v) is 7.22. The number of rotatable bonds is 6. The lowest BCUT2D eigenvalue weighted by Crippen LogP contribution is -2.46. The summed E-state index contributed by atoms with van der Waals surface area (Å²) >= 11 is 0. The van der Waals surface area contributed by atoms with Crippen LogP contribution in [0.2, 0.25) is 0 Å². The van der Waals surface area contributed by atoms with Crippen molar-refractivity contribution in [3.8, 4) is 0 Å². The molecule has 2 rings (SSSR count). The van der Waals surface area contributed by atoms with Crippen molar-refractivity contribution in [2.45, 2.75) is 52.7 Å². The Morgan fingerprint density at radius 2 is 2.00 bits per heavy atom. The van der Waals surface area contributed by atoms with Crippen LogP contribution in [0.25, 0.3) is 0 Å². The first-order valence-corrected chi connectivity index (χ1v) is 8.11. The van der Waals surface area contributed by atoms with Gasteiger partial charge >= 0.3 is 0 Å². The average Bonchev–Trinajstić information content (AvgIpc) is 2.68. The van der Waals surface area contributed by atoms with Crippen LogP contribution < -0.4 is 5.32 Å². The van der Waals surface area contributed by atoms with E-state index in [0.717, 1.165) is 38.5 Å².